The smallest absolute Gasteiger partial charge is 0.319 e. The lowest BCUT2D eigenvalue weighted by atomic mass is 10.2. The molecule has 0 saturated heterocycles. The van der Waals surface area contributed by atoms with Crippen LogP contribution in [0.1, 0.15) is 12.5 Å². The SMILES string of the molecule is CCOc1ccccc1NC(=O)NCc1ccnc(-n2[nH]cc(-c3cccnc3)c2=O)c1. The van der Waals surface area contributed by atoms with Crippen LogP contribution in [0, 0.1) is 0 Å². The van der Waals surface area contributed by atoms with E-state index >= 15 is 0 Å². The first-order valence-corrected chi connectivity index (χ1v) is 10.1. The summed E-state index contributed by atoms with van der Waals surface area (Å²) in [6.45, 7) is 2.64. The number of anilines is 1. The molecule has 1 aromatic carbocycles. The molecule has 0 spiro atoms. The highest BCUT2D eigenvalue weighted by Crippen LogP contribution is 2.23. The van der Waals surface area contributed by atoms with Gasteiger partial charge in [0, 0.05) is 36.9 Å². The Morgan fingerprint density at radius 3 is 2.84 bits per heavy atom. The molecule has 0 aliphatic carbocycles. The van der Waals surface area contributed by atoms with E-state index in [-0.39, 0.29) is 18.1 Å². The summed E-state index contributed by atoms with van der Waals surface area (Å²) < 4.78 is 6.87. The molecule has 0 bridgehead atoms. The number of urea groups is 1. The van der Waals surface area contributed by atoms with E-state index < -0.39 is 0 Å². The van der Waals surface area contributed by atoms with E-state index in [1.54, 1.807) is 55.1 Å². The molecular formula is C23H22N6O3. The van der Waals surface area contributed by atoms with Gasteiger partial charge < -0.3 is 15.4 Å². The van der Waals surface area contributed by atoms with E-state index in [1.807, 2.05) is 25.1 Å². The number of rotatable bonds is 7. The molecule has 0 aliphatic rings. The van der Waals surface area contributed by atoms with Gasteiger partial charge in [-0.15, -0.1) is 0 Å². The van der Waals surface area contributed by atoms with Crippen LogP contribution in [-0.4, -0.2) is 32.4 Å². The molecule has 162 valence electrons. The maximum atomic E-state index is 12.8. The van der Waals surface area contributed by atoms with Crippen molar-refractivity contribution in [1.82, 2.24) is 25.1 Å². The molecule has 4 rings (SSSR count). The van der Waals surface area contributed by atoms with Crippen LogP contribution in [0.5, 0.6) is 5.75 Å². The minimum Gasteiger partial charge on any atom is -0.492 e. The number of nitrogens with one attached hydrogen (secondary N) is 3. The third-order valence-electron chi connectivity index (χ3n) is 4.67. The van der Waals surface area contributed by atoms with E-state index in [9.17, 15) is 9.59 Å². The average molecular weight is 430 g/mol. The molecule has 3 heterocycles. The minimum atomic E-state index is -0.369. The lowest BCUT2D eigenvalue weighted by molar-refractivity contribution is 0.251. The van der Waals surface area contributed by atoms with Crippen LogP contribution in [-0.2, 0) is 6.54 Å². The molecule has 0 fully saturated rings. The van der Waals surface area contributed by atoms with E-state index in [0.717, 1.165) is 5.56 Å². The summed E-state index contributed by atoms with van der Waals surface area (Å²) in [5, 5.41) is 8.52. The quantitative estimate of drug-likeness (QED) is 0.416. The number of nitrogens with zero attached hydrogens (tertiary/aromatic N) is 3. The monoisotopic (exact) mass is 430 g/mol. The summed E-state index contributed by atoms with van der Waals surface area (Å²) in [6, 6.07) is 14.0. The number of aromatic nitrogens is 4. The number of ether oxygens (including phenoxy) is 1. The average Bonchev–Trinajstić information content (AvgIpc) is 3.21. The molecule has 0 radical (unpaired) electrons. The third-order valence-corrected chi connectivity index (χ3v) is 4.67. The number of para-hydroxylation sites is 2. The maximum Gasteiger partial charge on any atom is 0.319 e. The molecular weight excluding hydrogens is 408 g/mol. The largest absolute Gasteiger partial charge is 0.492 e. The zero-order valence-electron chi connectivity index (χ0n) is 17.4. The fourth-order valence-corrected chi connectivity index (χ4v) is 3.16. The van der Waals surface area contributed by atoms with Crippen molar-refractivity contribution < 1.29 is 9.53 Å². The number of hydrogen-bond acceptors (Lipinski definition) is 5. The number of aromatic amines is 1. The molecule has 3 aromatic heterocycles. The number of benzene rings is 1. The number of amides is 2. The number of carbonyl (C=O) groups excluding carboxylic acids is 1. The van der Waals surface area contributed by atoms with Crippen molar-refractivity contribution in [2.45, 2.75) is 13.5 Å². The van der Waals surface area contributed by atoms with Crippen molar-refractivity contribution in [3.05, 3.63) is 89.2 Å². The Kier molecular flexibility index (Phi) is 6.26. The molecule has 0 unspecified atom stereocenters. The fraction of sp³-hybridized carbons (Fsp3) is 0.130. The van der Waals surface area contributed by atoms with Crippen LogP contribution >= 0.6 is 0 Å². The van der Waals surface area contributed by atoms with Crippen LogP contribution < -0.4 is 20.9 Å². The highest BCUT2D eigenvalue weighted by Gasteiger charge is 2.12. The van der Waals surface area contributed by atoms with Crippen LogP contribution in [0.25, 0.3) is 16.9 Å². The molecule has 9 heteroatoms. The molecule has 0 atom stereocenters. The Morgan fingerprint density at radius 2 is 2.03 bits per heavy atom. The topological polar surface area (TPSA) is 114 Å². The van der Waals surface area contributed by atoms with Gasteiger partial charge >= 0.3 is 6.03 Å². The molecule has 0 saturated carbocycles. The second-order valence-electron chi connectivity index (χ2n) is 6.83. The highest BCUT2D eigenvalue weighted by atomic mass is 16.5. The summed E-state index contributed by atoms with van der Waals surface area (Å²) in [5.41, 5.74) is 2.35. The zero-order chi connectivity index (χ0) is 22.3. The number of H-pyrrole nitrogens is 1. The number of pyridine rings is 2. The number of hydrogen-bond donors (Lipinski definition) is 3. The predicted molar refractivity (Wildman–Crippen MR) is 121 cm³/mol. The Hall–Kier alpha value is -4.40. The van der Waals surface area contributed by atoms with Crippen molar-refractivity contribution in [3.63, 3.8) is 0 Å². The molecule has 32 heavy (non-hydrogen) atoms. The van der Waals surface area contributed by atoms with Crippen LogP contribution in [0.15, 0.2) is 78.1 Å². The molecule has 4 aromatic rings. The van der Waals surface area contributed by atoms with Gasteiger partial charge in [0.05, 0.1) is 17.9 Å². The van der Waals surface area contributed by atoms with Gasteiger partial charge in [-0.25, -0.2) is 14.5 Å². The van der Waals surface area contributed by atoms with Crippen LogP contribution in [0.3, 0.4) is 0 Å². The van der Waals surface area contributed by atoms with E-state index in [2.05, 4.69) is 25.7 Å². The van der Waals surface area contributed by atoms with Gasteiger partial charge in [0.2, 0.25) is 0 Å². The summed E-state index contributed by atoms with van der Waals surface area (Å²) >= 11 is 0. The van der Waals surface area contributed by atoms with Gasteiger partial charge in [0.1, 0.15) is 5.75 Å². The second-order valence-corrected chi connectivity index (χ2v) is 6.83. The molecule has 0 aliphatic heterocycles. The van der Waals surface area contributed by atoms with Crippen LogP contribution in [0.2, 0.25) is 0 Å². The summed E-state index contributed by atoms with van der Waals surface area (Å²) in [4.78, 5) is 33.5. The van der Waals surface area contributed by atoms with E-state index in [4.69, 9.17) is 4.74 Å². The van der Waals surface area contributed by atoms with Gasteiger partial charge in [-0.1, -0.05) is 18.2 Å². The van der Waals surface area contributed by atoms with Crippen LogP contribution in [0.4, 0.5) is 10.5 Å². The Labute approximate surface area is 184 Å². The fourth-order valence-electron chi connectivity index (χ4n) is 3.16. The standard InChI is InChI=1S/C23H22N6O3/c1-2-32-20-8-4-3-7-19(20)28-23(31)26-13-16-9-11-25-21(12-16)29-22(30)18(15-27-29)17-6-5-10-24-14-17/h3-12,14-15,27H,2,13H2,1H3,(H2,26,28,31). The minimum absolute atomic E-state index is 0.235. The Balaban J connectivity index is 1.45. The summed E-state index contributed by atoms with van der Waals surface area (Å²) in [5.74, 6) is 1.03. The predicted octanol–water partition coefficient (Wildman–Crippen LogP) is 3.34. The van der Waals surface area contributed by atoms with E-state index in [1.165, 1.54) is 4.68 Å². The van der Waals surface area contributed by atoms with Gasteiger partial charge in [0.15, 0.2) is 5.82 Å². The van der Waals surface area contributed by atoms with Gasteiger partial charge in [-0.2, -0.15) is 0 Å². The third kappa shape index (κ3) is 4.67. The van der Waals surface area contributed by atoms with Gasteiger partial charge in [-0.05, 0) is 42.8 Å². The van der Waals surface area contributed by atoms with Crippen molar-refractivity contribution in [1.29, 1.82) is 0 Å². The van der Waals surface area contributed by atoms with Gasteiger partial charge in [-0.3, -0.25) is 14.9 Å². The lowest BCUT2D eigenvalue weighted by Gasteiger charge is -2.12. The first-order valence-electron chi connectivity index (χ1n) is 10.1. The first kappa shape index (κ1) is 20.9. The first-order chi connectivity index (χ1) is 15.7. The highest BCUT2D eigenvalue weighted by molar-refractivity contribution is 5.90. The zero-order valence-corrected chi connectivity index (χ0v) is 17.4. The van der Waals surface area contributed by atoms with E-state index in [0.29, 0.717) is 35.0 Å². The number of carbonyl (C=O) groups is 1. The molecule has 3 N–H and O–H groups in total. The summed E-state index contributed by atoms with van der Waals surface area (Å²) in [6.07, 6.45) is 6.49. The Bertz CT molecular complexity index is 1270. The van der Waals surface area contributed by atoms with Crippen molar-refractivity contribution >= 4 is 11.7 Å². The van der Waals surface area contributed by atoms with Crippen molar-refractivity contribution in [2.75, 3.05) is 11.9 Å². The van der Waals surface area contributed by atoms with Crippen molar-refractivity contribution in [2.24, 2.45) is 0 Å². The lowest BCUT2D eigenvalue weighted by Crippen LogP contribution is -2.28. The molecule has 9 nitrogen and oxygen atoms in total. The molecule has 2 amide bonds. The van der Waals surface area contributed by atoms with Gasteiger partial charge in [0.25, 0.3) is 5.56 Å². The van der Waals surface area contributed by atoms with Crippen molar-refractivity contribution in [3.8, 4) is 22.7 Å². The summed E-state index contributed by atoms with van der Waals surface area (Å²) in [7, 11) is 0. The normalized spacial score (nSPS) is 10.5. The second kappa shape index (κ2) is 9.61. The Morgan fingerprint density at radius 1 is 1.16 bits per heavy atom. The maximum absolute atomic E-state index is 12.8.